The second kappa shape index (κ2) is 7.64. The number of rotatable bonds is 7. The molecule has 0 radical (unpaired) electrons. The van der Waals surface area contributed by atoms with Crippen molar-refractivity contribution in [2.75, 3.05) is 13.1 Å². The Morgan fingerprint density at radius 3 is 2.80 bits per heavy atom. The number of terminal acetylenes is 1. The highest BCUT2D eigenvalue weighted by atomic mass is 16.5. The summed E-state index contributed by atoms with van der Waals surface area (Å²) in [5.74, 6) is 3.67. The first-order valence-corrected chi connectivity index (χ1v) is 8.84. The van der Waals surface area contributed by atoms with E-state index in [0.29, 0.717) is 19.3 Å². The maximum absolute atomic E-state index is 12.4. The van der Waals surface area contributed by atoms with Gasteiger partial charge < -0.3 is 9.64 Å². The van der Waals surface area contributed by atoms with Crippen LogP contribution < -0.4 is 4.74 Å². The average molecular weight is 340 g/mol. The number of piperidine rings is 1. The number of nitrogens with zero attached hydrogens (tertiary/aromatic N) is 4. The predicted molar refractivity (Wildman–Crippen MR) is 94.1 cm³/mol. The van der Waals surface area contributed by atoms with E-state index in [1.54, 1.807) is 12.4 Å². The fraction of sp³-hybridized carbons (Fsp3) is 0.579. The van der Waals surface area contributed by atoms with Crippen molar-refractivity contribution in [3.05, 3.63) is 24.0 Å². The Kier molecular flexibility index (Phi) is 5.32. The lowest BCUT2D eigenvalue weighted by molar-refractivity contribution is -0.133. The Morgan fingerprint density at radius 2 is 2.16 bits per heavy atom. The molecule has 2 aliphatic heterocycles. The average Bonchev–Trinajstić information content (AvgIpc) is 3.41. The molecule has 0 N–H and O–H groups in total. The van der Waals surface area contributed by atoms with Crippen molar-refractivity contribution in [1.82, 2.24) is 9.88 Å². The van der Waals surface area contributed by atoms with Gasteiger partial charge in [0.25, 0.3) is 0 Å². The first-order valence-electron chi connectivity index (χ1n) is 8.84. The summed E-state index contributed by atoms with van der Waals surface area (Å²) in [6.07, 6.45) is 13.2. The summed E-state index contributed by atoms with van der Waals surface area (Å²) in [4.78, 5) is 18.4. The third kappa shape index (κ3) is 4.56. The van der Waals surface area contributed by atoms with Crippen LogP contribution in [-0.2, 0) is 4.79 Å². The third-order valence-corrected chi connectivity index (χ3v) is 4.85. The molecule has 3 heterocycles. The minimum Gasteiger partial charge on any atom is -0.490 e. The molecule has 1 aromatic rings. The molecule has 25 heavy (non-hydrogen) atoms. The molecule has 0 atom stereocenters. The van der Waals surface area contributed by atoms with Gasteiger partial charge in [0.15, 0.2) is 5.66 Å². The number of likely N-dealkylation sites (tertiary alicyclic amines) is 1. The second-order valence-corrected chi connectivity index (χ2v) is 6.73. The molecule has 6 heteroatoms. The molecular formula is C19H24N4O2. The molecule has 0 saturated carbocycles. The second-order valence-electron chi connectivity index (χ2n) is 6.73. The number of carbonyl (C=O) groups excluding carboxylic acids is 1. The topological polar surface area (TPSA) is 67.2 Å². The van der Waals surface area contributed by atoms with Crippen molar-refractivity contribution in [3.8, 4) is 18.1 Å². The summed E-state index contributed by atoms with van der Waals surface area (Å²) < 4.78 is 6.06. The highest BCUT2D eigenvalue weighted by molar-refractivity contribution is 5.76. The van der Waals surface area contributed by atoms with E-state index in [1.807, 2.05) is 17.9 Å². The molecule has 2 aliphatic rings. The summed E-state index contributed by atoms with van der Waals surface area (Å²) >= 11 is 0. The van der Waals surface area contributed by atoms with E-state index in [1.165, 1.54) is 0 Å². The van der Waals surface area contributed by atoms with Gasteiger partial charge in [-0.15, -0.1) is 12.3 Å². The number of aromatic nitrogens is 1. The Hall–Kier alpha value is -2.42. The number of hydrogen-bond acceptors (Lipinski definition) is 5. The summed E-state index contributed by atoms with van der Waals surface area (Å²) in [7, 11) is 0. The number of amides is 1. The lowest BCUT2D eigenvalue weighted by Crippen LogP contribution is -2.42. The number of carbonyl (C=O) groups is 1. The normalized spacial score (nSPS) is 18.6. The maximum Gasteiger partial charge on any atom is 0.222 e. The van der Waals surface area contributed by atoms with Gasteiger partial charge in [0.2, 0.25) is 5.91 Å². The first kappa shape index (κ1) is 17.4. The smallest absolute Gasteiger partial charge is 0.222 e. The first-order chi connectivity index (χ1) is 12.1. The van der Waals surface area contributed by atoms with Crippen molar-refractivity contribution >= 4 is 5.91 Å². The monoisotopic (exact) mass is 340 g/mol. The standard InChI is InChI=1S/C19H24N4O2/c1-3-4-9-19(21-22-19)10-5-18(24)23-12-7-16(8-13-23)25-17-6-11-20-14-15(17)2/h1,6,11,14,16H,4-5,7-10,12-13H2,2H3. The van der Waals surface area contributed by atoms with Crippen LogP contribution >= 0.6 is 0 Å². The molecular weight excluding hydrogens is 316 g/mol. The maximum atomic E-state index is 12.4. The Bertz CT molecular complexity index is 681. The molecule has 1 saturated heterocycles. The Balaban J connectivity index is 1.41. The van der Waals surface area contributed by atoms with Gasteiger partial charge in [0.1, 0.15) is 11.9 Å². The van der Waals surface area contributed by atoms with Crippen LogP contribution in [0, 0.1) is 19.3 Å². The Labute approximate surface area is 148 Å². The number of ether oxygens (including phenoxy) is 1. The van der Waals surface area contributed by atoms with Crippen molar-refractivity contribution in [2.45, 2.75) is 57.2 Å². The van der Waals surface area contributed by atoms with Gasteiger partial charge in [-0.05, 0) is 13.0 Å². The summed E-state index contributed by atoms with van der Waals surface area (Å²) in [5.41, 5.74) is 0.665. The molecule has 0 unspecified atom stereocenters. The van der Waals surface area contributed by atoms with Crippen molar-refractivity contribution in [3.63, 3.8) is 0 Å². The largest absolute Gasteiger partial charge is 0.490 e. The lowest BCUT2D eigenvalue weighted by Gasteiger charge is -2.32. The van der Waals surface area contributed by atoms with E-state index in [-0.39, 0.29) is 17.7 Å². The molecule has 1 fully saturated rings. The molecule has 3 rings (SSSR count). The van der Waals surface area contributed by atoms with Gasteiger partial charge in [0.05, 0.1) is 0 Å². The van der Waals surface area contributed by atoms with E-state index in [4.69, 9.17) is 11.2 Å². The van der Waals surface area contributed by atoms with Gasteiger partial charge in [-0.3, -0.25) is 9.78 Å². The minimum atomic E-state index is -0.373. The van der Waals surface area contributed by atoms with Crippen molar-refractivity contribution in [2.24, 2.45) is 10.2 Å². The number of aryl methyl sites for hydroxylation is 1. The van der Waals surface area contributed by atoms with Gasteiger partial charge in [-0.1, -0.05) is 0 Å². The van der Waals surface area contributed by atoms with Crippen LogP contribution in [0.25, 0.3) is 0 Å². The SMILES string of the molecule is C#CCCC1(CCC(=O)N2CCC(Oc3ccncc3C)CC2)N=N1. The van der Waals surface area contributed by atoms with Gasteiger partial charge in [0, 0.05) is 69.6 Å². The summed E-state index contributed by atoms with van der Waals surface area (Å²) in [6.45, 7) is 3.46. The molecule has 0 aromatic carbocycles. The van der Waals surface area contributed by atoms with Crippen LogP contribution in [-0.4, -0.2) is 40.6 Å². The summed E-state index contributed by atoms with van der Waals surface area (Å²) in [6, 6.07) is 1.89. The van der Waals surface area contributed by atoms with E-state index in [9.17, 15) is 4.79 Å². The lowest BCUT2D eigenvalue weighted by atomic mass is 10.0. The van der Waals surface area contributed by atoms with Crippen LogP contribution in [0.1, 0.15) is 44.1 Å². The predicted octanol–water partition coefficient (Wildman–Crippen LogP) is 3.12. The zero-order chi connectivity index (χ0) is 17.7. The fourth-order valence-corrected chi connectivity index (χ4v) is 3.13. The molecule has 0 spiro atoms. The zero-order valence-corrected chi connectivity index (χ0v) is 14.6. The van der Waals surface area contributed by atoms with E-state index >= 15 is 0 Å². The zero-order valence-electron chi connectivity index (χ0n) is 14.6. The van der Waals surface area contributed by atoms with E-state index < -0.39 is 0 Å². The molecule has 1 aromatic heterocycles. The number of hydrogen-bond donors (Lipinski definition) is 0. The summed E-state index contributed by atoms with van der Waals surface area (Å²) in [5, 5.41) is 8.18. The molecule has 0 aliphatic carbocycles. The van der Waals surface area contributed by atoms with E-state index in [0.717, 1.165) is 43.7 Å². The molecule has 6 nitrogen and oxygen atoms in total. The van der Waals surface area contributed by atoms with Crippen LogP contribution in [0.4, 0.5) is 0 Å². The molecule has 1 amide bonds. The van der Waals surface area contributed by atoms with Gasteiger partial charge in [-0.25, -0.2) is 0 Å². The van der Waals surface area contributed by atoms with Crippen molar-refractivity contribution in [1.29, 1.82) is 0 Å². The van der Waals surface area contributed by atoms with Crippen LogP contribution in [0.2, 0.25) is 0 Å². The van der Waals surface area contributed by atoms with Crippen LogP contribution in [0.5, 0.6) is 5.75 Å². The minimum absolute atomic E-state index is 0.153. The van der Waals surface area contributed by atoms with E-state index in [2.05, 4.69) is 21.1 Å². The molecule has 0 bridgehead atoms. The third-order valence-electron chi connectivity index (χ3n) is 4.85. The van der Waals surface area contributed by atoms with Gasteiger partial charge >= 0.3 is 0 Å². The van der Waals surface area contributed by atoms with Crippen LogP contribution in [0.15, 0.2) is 28.7 Å². The van der Waals surface area contributed by atoms with Crippen molar-refractivity contribution < 1.29 is 9.53 Å². The fourth-order valence-electron chi connectivity index (χ4n) is 3.13. The Morgan fingerprint density at radius 1 is 1.40 bits per heavy atom. The molecule has 132 valence electrons. The van der Waals surface area contributed by atoms with Gasteiger partial charge in [-0.2, -0.15) is 10.2 Å². The quantitative estimate of drug-likeness (QED) is 0.716. The van der Waals surface area contributed by atoms with Crippen LogP contribution in [0.3, 0.4) is 0 Å². The highest BCUT2D eigenvalue weighted by Gasteiger charge is 2.39. The number of pyridine rings is 1. The highest BCUT2D eigenvalue weighted by Crippen LogP contribution is 2.37.